The number of anilines is 1. The molecule has 0 aliphatic rings. The van der Waals surface area contributed by atoms with E-state index in [2.05, 4.69) is 15.8 Å². The molecule has 0 radical (unpaired) electrons. The van der Waals surface area contributed by atoms with Gasteiger partial charge >= 0.3 is 0 Å². The summed E-state index contributed by atoms with van der Waals surface area (Å²) in [6.45, 7) is 5.17. The normalized spacial score (nSPS) is 11.2. The van der Waals surface area contributed by atoms with Gasteiger partial charge in [-0.3, -0.25) is 9.59 Å². The van der Waals surface area contributed by atoms with Gasteiger partial charge in [0.2, 0.25) is 11.8 Å². The lowest BCUT2D eigenvalue weighted by molar-refractivity contribution is -0.124. The second-order valence-electron chi connectivity index (χ2n) is 5.39. The molecule has 2 N–H and O–H groups in total. The van der Waals surface area contributed by atoms with E-state index >= 15 is 0 Å². The van der Waals surface area contributed by atoms with Crippen LogP contribution in [-0.4, -0.2) is 31.7 Å². The predicted molar refractivity (Wildman–Crippen MR) is 93.9 cm³/mol. The standard InChI is InChI=1S/C16H22ClN3O4/c1-9(2)16(22)20-19-10(3)6-15(21)18-12-8-13(23-4)11(17)7-14(12)24-5/h7-9H,6H2,1-5H3,(H,18,21)(H,20,22)/b19-10+. The van der Waals surface area contributed by atoms with E-state index in [1.165, 1.54) is 14.2 Å². The van der Waals surface area contributed by atoms with Gasteiger partial charge in [0.25, 0.3) is 0 Å². The summed E-state index contributed by atoms with van der Waals surface area (Å²) in [5, 5.41) is 6.98. The number of hydrazone groups is 1. The lowest BCUT2D eigenvalue weighted by Gasteiger charge is -2.13. The van der Waals surface area contributed by atoms with Crippen molar-refractivity contribution in [2.24, 2.45) is 11.0 Å². The molecule has 24 heavy (non-hydrogen) atoms. The van der Waals surface area contributed by atoms with Crippen LogP contribution < -0.4 is 20.2 Å². The average Bonchev–Trinajstić information content (AvgIpc) is 2.53. The Hall–Kier alpha value is -2.28. The molecule has 0 saturated heterocycles. The van der Waals surface area contributed by atoms with Crippen LogP contribution in [0.4, 0.5) is 5.69 Å². The lowest BCUT2D eigenvalue weighted by Crippen LogP contribution is -2.25. The summed E-state index contributed by atoms with van der Waals surface area (Å²) in [5.74, 6) is 0.136. The summed E-state index contributed by atoms with van der Waals surface area (Å²) in [6.07, 6.45) is 0.0203. The smallest absolute Gasteiger partial charge is 0.242 e. The van der Waals surface area contributed by atoms with Crippen LogP contribution in [0.25, 0.3) is 0 Å². The molecule has 8 heteroatoms. The van der Waals surface area contributed by atoms with Gasteiger partial charge in [0, 0.05) is 23.8 Å². The number of benzene rings is 1. The van der Waals surface area contributed by atoms with Crippen molar-refractivity contribution in [1.82, 2.24) is 5.43 Å². The summed E-state index contributed by atoms with van der Waals surface area (Å²) >= 11 is 6.02. The highest BCUT2D eigenvalue weighted by Crippen LogP contribution is 2.35. The maximum atomic E-state index is 12.1. The molecule has 0 aliphatic heterocycles. The van der Waals surface area contributed by atoms with Crippen molar-refractivity contribution in [3.05, 3.63) is 17.2 Å². The monoisotopic (exact) mass is 355 g/mol. The Balaban J connectivity index is 2.77. The summed E-state index contributed by atoms with van der Waals surface area (Å²) in [7, 11) is 2.95. The molecule has 2 amide bonds. The van der Waals surface area contributed by atoms with Crippen molar-refractivity contribution in [1.29, 1.82) is 0 Å². The number of nitrogens with zero attached hydrogens (tertiary/aromatic N) is 1. The van der Waals surface area contributed by atoms with E-state index in [9.17, 15) is 9.59 Å². The molecule has 0 bridgehead atoms. The fourth-order valence-corrected chi connectivity index (χ4v) is 1.93. The topological polar surface area (TPSA) is 89.0 Å². The van der Waals surface area contributed by atoms with Gasteiger partial charge in [-0.2, -0.15) is 5.10 Å². The number of hydrogen-bond acceptors (Lipinski definition) is 5. The predicted octanol–water partition coefficient (Wildman–Crippen LogP) is 2.83. The van der Waals surface area contributed by atoms with E-state index in [1.54, 1.807) is 32.9 Å². The molecule has 0 fully saturated rings. The van der Waals surface area contributed by atoms with Crippen molar-refractivity contribution in [2.45, 2.75) is 27.2 Å². The summed E-state index contributed by atoms with van der Waals surface area (Å²) in [5.41, 5.74) is 3.31. The fourth-order valence-electron chi connectivity index (χ4n) is 1.70. The molecule has 0 aliphatic carbocycles. The minimum atomic E-state index is -0.308. The maximum Gasteiger partial charge on any atom is 0.242 e. The minimum Gasteiger partial charge on any atom is -0.495 e. The number of carbonyl (C=O) groups excluding carboxylic acids is 2. The summed E-state index contributed by atoms with van der Waals surface area (Å²) < 4.78 is 10.3. The Morgan fingerprint density at radius 2 is 1.83 bits per heavy atom. The number of rotatable bonds is 7. The lowest BCUT2D eigenvalue weighted by atomic mass is 10.2. The Bertz CT molecular complexity index is 644. The van der Waals surface area contributed by atoms with Gasteiger partial charge in [0.1, 0.15) is 11.5 Å². The van der Waals surface area contributed by atoms with Crippen LogP contribution in [0, 0.1) is 5.92 Å². The van der Waals surface area contributed by atoms with Gasteiger partial charge in [-0.25, -0.2) is 5.43 Å². The molecule has 1 aromatic rings. The van der Waals surface area contributed by atoms with Crippen LogP contribution >= 0.6 is 11.6 Å². The largest absolute Gasteiger partial charge is 0.495 e. The van der Waals surface area contributed by atoms with Gasteiger partial charge in [0.05, 0.1) is 31.4 Å². The number of methoxy groups -OCH3 is 2. The van der Waals surface area contributed by atoms with E-state index in [-0.39, 0.29) is 24.2 Å². The Labute approximate surface area is 146 Å². The number of halogens is 1. The van der Waals surface area contributed by atoms with E-state index in [4.69, 9.17) is 21.1 Å². The van der Waals surface area contributed by atoms with Crippen molar-refractivity contribution in [2.75, 3.05) is 19.5 Å². The van der Waals surface area contributed by atoms with Crippen LogP contribution in [0.2, 0.25) is 5.02 Å². The molecule has 1 rings (SSSR count). The zero-order chi connectivity index (χ0) is 18.3. The quantitative estimate of drug-likeness (QED) is 0.581. The molecule has 132 valence electrons. The number of hydrogen-bond donors (Lipinski definition) is 2. The molecule has 0 unspecified atom stereocenters. The third kappa shape index (κ3) is 5.73. The van der Waals surface area contributed by atoms with Crippen LogP contribution in [0.15, 0.2) is 17.2 Å². The Morgan fingerprint density at radius 1 is 1.21 bits per heavy atom. The number of carbonyl (C=O) groups is 2. The Kier molecular flexibility index (Phi) is 7.51. The van der Waals surface area contributed by atoms with E-state index in [0.29, 0.717) is 27.9 Å². The van der Waals surface area contributed by atoms with Crippen LogP contribution in [-0.2, 0) is 9.59 Å². The van der Waals surface area contributed by atoms with Crippen LogP contribution in [0.1, 0.15) is 27.2 Å². The second-order valence-corrected chi connectivity index (χ2v) is 5.80. The van der Waals surface area contributed by atoms with E-state index in [0.717, 1.165) is 0 Å². The van der Waals surface area contributed by atoms with E-state index < -0.39 is 0 Å². The molecular weight excluding hydrogens is 334 g/mol. The first-order valence-corrected chi connectivity index (χ1v) is 7.70. The minimum absolute atomic E-state index is 0.0203. The highest BCUT2D eigenvalue weighted by Gasteiger charge is 2.13. The van der Waals surface area contributed by atoms with Gasteiger partial charge in [-0.15, -0.1) is 0 Å². The number of amides is 2. The average molecular weight is 356 g/mol. The van der Waals surface area contributed by atoms with E-state index in [1.807, 2.05) is 0 Å². The third-order valence-corrected chi connectivity index (χ3v) is 3.34. The van der Waals surface area contributed by atoms with Crippen molar-refractivity contribution in [3.8, 4) is 11.5 Å². The number of ether oxygens (including phenoxy) is 2. The van der Waals surface area contributed by atoms with Crippen molar-refractivity contribution >= 4 is 34.8 Å². The molecule has 0 heterocycles. The van der Waals surface area contributed by atoms with Crippen molar-refractivity contribution < 1.29 is 19.1 Å². The van der Waals surface area contributed by atoms with Crippen LogP contribution in [0.5, 0.6) is 11.5 Å². The first-order chi connectivity index (χ1) is 11.3. The maximum absolute atomic E-state index is 12.1. The number of nitrogens with one attached hydrogen (secondary N) is 2. The van der Waals surface area contributed by atoms with Gasteiger partial charge < -0.3 is 14.8 Å². The Morgan fingerprint density at radius 3 is 2.38 bits per heavy atom. The highest BCUT2D eigenvalue weighted by molar-refractivity contribution is 6.32. The SMILES string of the molecule is COc1cc(NC(=O)C/C(C)=N/NC(=O)C(C)C)c(OC)cc1Cl. The van der Waals surface area contributed by atoms with Gasteiger partial charge in [-0.05, 0) is 6.92 Å². The van der Waals surface area contributed by atoms with Crippen molar-refractivity contribution in [3.63, 3.8) is 0 Å². The molecule has 0 saturated carbocycles. The molecular formula is C16H22ClN3O4. The highest BCUT2D eigenvalue weighted by atomic mass is 35.5. The van der Waals surface area contributed by atoms with Crippen LogP contribution in [0.3, 0.4) is 0 Å². The molecule has 0 aromatic heterocycles. The molecule has 7 nitrogen and oxygen atoms in total. The first-order valence-electron chi connectivity index (χ1n) is 7.32. The third-order valence-electron chi connectivity index (χ3n) is 3.05. The summed E-state index contributed by atoms with van der Waals surface area (Å²) in [4.78, 5) is 23.6. The molecule has 1 aromatic carbocycles. The zero-order valence-corrected chi connectivity index (χ0v) is 15.2. The zero-order valence-electron chi connectivity index (χ0n) is 14.4. The first kappa shape index (κ1) is 19.8. The second kappa shape index (κ2) is 9.12. The van der Waals surface area contributed by atoms with Gasteiger partial charge in [0.15, 0.2) is 0 Å². The molecule has 0 spiro atoms. The fraction of sp³-hybridized carbons (Fsp3) is 0.438. The summed E-state index contributed by atoms with van der Waals surface area (Å²) in [6, 6.07) is 3.13. The van der Waals surface area contributed by atoms with Gasteiger partial charge in [-0.1, -0.05) is 25.4 Å². The molecule has 0 atom stereocenters.